The van der Waals surface area contributed by atoms with Crippen molar-refractivity contribution in [3.63, 3.8) is 0 Å². The molecular formula is C23H30N8O. The average Bonchev–Trinajstić information content (AvgIpc) is 3.41. The number of fused-ring (bicyclic) bond motifs is 2. The number of aromatic nitrogens is 5. The van der Waals surface area contributed by atoms with E-state index >= 15 is 0 Å². The maximum absolute atomic E-state index is 10.3. The molecule has 0 aliphatic carbocycles. The predicted octanol–water partition coefficient (Wildman–Crippen LogP) is 2.49. The molecule has 1 fully saturated rings. The molecule has 0 saturated carbocycles. The van der Waals surface area contributed by atoms with E-state index in [4.69, 9.17) is 4.98 Å². The van der Waals surface area contributed by atoms with Gasteiger partial charge in [0, 0.05) is 36.8 Å². The van der Waals surface area contributed by atoms with Crippen LogP contribution in [0.3, 0.4) is 0 Å². The first-order valence-electron chi connectivity index (χ1n) is 11.3. The molecule has 1 aliphatic heterocycles. The van der Waals surface area contributed by atoms with Crippen LogP contribution in [0, 0.1) is 5.92 Å². The number of piperidine rings is 1. The molecule has 0 aromatic carbocycles. The third kappa shape index (κ3) is 4.01. The van der Waals surface area contributed by atoms with E-state index in [9.17, 15) is 5.11 Å². The molecule has 0 radical (unpaired) electrons. The first kappa shape index (κ1) is 20.7. The standard InChI is InChI=1S/C23H30N8O/c1-15(2)18-13-28-31-22(27-12-17-11-26-21-5-3-4-8-30(17)21)9-20(29-23(18)31)25-10-16-6-7-24-14-19(16)32/h3-5,8-9,11,13,15-16,19,24,27,32H,6-7,10,12,14H2,1-2H3,(H,25,29). The maximum Gasteiger partial charge on any atom is 0.163 e. The molecule has 9 heteroatoms. The molecule has 168 valence electrons. The van der Waals surface area contributed by atoms with Crippen molar-refractivity contribution in [2.24, 2.45) is 5.92 Å². The van der Waals surface area contributed by atoms with Crippen LogP contribution in [-0.2, 0) is 6.54 Å². The summed E-state index contributed by atoms with van der Waals surface area (Å²) in [5.74, 6) is 2.17. The number of nitrogens with one attached hydrogen (secondary N) is 3. The van der Waals surface area contributed by atoms with Crippen LogP contribution < -0.4 is 16.0 Å². The minimum atomic E-state index is -0.339. The van der Waals surface area contributed by atoms with Gasteiger partial charge in [0.25, 0.3) is 0 Å². The molecule has 32 heavy (non-hydrogen) atoms. The number of pyridine rings is 1. The molecular weight excluding hydrogens is 404 g/mol. The lowest BCUT2D eigenvalue weighted by atomic mass is 9.95. The number of imidazole rings is 1. The zero-order valence-corrected chi connectivity index (χ0v) is 18.5. The van der Waals surface area contributed by atoms with Crippen LogP contribution in [-0.4, -0.2) is 54.8 Å². The molecule has 2 unspecified atom stereocenters. The fourth-order valence-corrected chi connectivity index (χ4v) is 4.27. The Morgan fingerprint density at radius 2 is 2.16 bits per heavy atom. The quantitative estimate of drug-likeness (QED) is 0.354. The normalized spacial score (nSPS) is 19.1. The molecule has 1 aliphatic rings. The van der Waals surface area contributed by atoms with E-state index in [0.29, 0.717) is 25.6 Å². The third-order valence-electron chi connectivity index (χ3n) is 6.20. The van der Waals surface area contributed by atoms with E-state index in [1.807, 2.05) is 47.4 Å². The van der Waals surface area contributed by atoms with E-state index in [-0.39, 0.29) is 12.0 Å². The highest BCUT2D eigenvalue weighted by atomic mass is 16.3. The summed E-state index contributed by atoms with van der Waals surface area (Å²) in [6.45, 7) is 7.16. The predicted molar refractivity (Wildman–Crippen MR) is 125 cm³/mol. The minimum absolute atomic E-state index is 0.207. The summed E-state index contributed by atoms with van der Waals surface area (Å²) in [4.78, 5) is 9.33. The van der Waals surface area contributed by atoms with E-state index in [2.05, 4.69) is 44.3 Å². The molecule has 5 rings (SSSR count). The van der Waals surface area contributed by atoms with Gasteiger partial charge in [-0.2, -0.15) is 9.61 Å². The monoisotopic (exact) mass is 434 g/mol. The summed E-state index contributed by atoms with van der Waals surface area (Å²) in [6, 6.07) is 7.97. The van der Waals surface area contributed by atoms with Crippen molar-refractivity contribution in [3.8, 4) is 0 Å². The number of aliphatic hydroxyl groups is 1. The second-order valence-corrected chi connectivity index (χ2v) is 8.75. The minimum Gasteiger partial charge on any atom is -0.391 e. The van der Waals surface area contributed by atoms with Crippen LogP contribution in [0.4, 0.5) is 11.6 Å². The van der Waals surface area contributed by atoms with Gasteiger partial charge in [0.05, 0.1) is 30.7 Å². The van der Waals surface area contributed by atoms with Crippen molar-refractivity contribution in [2.75, 3.05) is 30.3 Å². The lowest BCUT2D eigenvalue weighted by Gasteiger charge is -2.28. The lowest BCUT2D eigenvalue weighted by molar-refractivity contribution is 0.0883. The Morgan fingerprint density at radius 1 is 1.25 bits per heavy atom. The van der Waals surface area contributed by atoms with Crippen LogP contribution >= 0.6 is 0 Å². The molecule has 0 spiro atoms. The first-order valence-corrected chi connectivity index (χ1v) is 11.3. The van der Waals surface area contributed by atoms with Crippen LogP contribution in [0.1, 0.15) is 37.4 Å². The summed E-state index contributed by atoms with van der Waals surface area (Å²) in [7, 11) is 0. The van der Waals surface area contributed by atoms with E-state index < -0.39 is 0 Å². The van der Waals surface area contributed by atoms with Crippen LogP contribution in [0.2, 0.25) is 0 Å². The highest BCUT2D eigenvalue weighted by molar-refractivity contribution is 5.61. The molecule has 1 saturated heterocycles. The van der Waals surface area contributed by atoms with Crippen LogP contribution in [0.5, 0.6) is 0 Å². The van der Waals surface area contributed by atoms with Crippen molar-refractivity contribution >= 4 is 22.9 Å². The fraction of sp³-hybridized carbons (Fsp3) is 0.435. The Hall–Kier alpha value is -3.17. The molecule has 0 amide bonds. The Bertz CT molecular complexity index is 1210. The summed E-state index contributed by atoms with van der Waals surface area (Å²) >= 11 is 0. The van der Waals surface area contributed by atoms with Gasteiger partial charge in [-0.3, -0.25) is 0 Å². The highest BCUT2D eigenvalue weighted by Gasteiger charge is 2.23. The summed E-state index contributed by atoms with van der Waals surface area (Å²) in [5.41, 5.74) is 3.94. The topological polar surface area (TPSA) is 104 Å². The average molecular weight is 435 g/mol. The third-order valence-corrected chi connectivity index (χ3v) is 6.20. The summed E-state index contributed by atoms with van der Waals surface area (Å²) in [5, 5.41) is 25.1. The Morgan fingerprint density at radius 3 is 3.00 bits per heavy atom. The van der Waals surface area contributed by atoms with Gasteiger partial charge in [-0.15, -0.1) is 0 Å². The van der Waals surface area contributed by atoms with E-state index in [1.165, 1.54) is 0 Å². The van der Waals surface area contributed by atoms with Gasteiger partial charge in [-0.25, -0.2) is 9.97 Å². The number of rotatable bonds is 7. The molecule has 5 heterocycles. The Labute approximate surface area is 186 Å². The number of anilines is 2. The molecule has 4 aromatic rings. The van der Waals surface area contributed by atoms with Gasteiger partial charge in [0.1, 0.15) is 17.3 Å². The van der Waals surface area contributed by atoms with Crippen molar-refractivity contribution in [2.45, 2.75) is 38.8 Å². The molecule has 4 N–H and O–H groups in total. The number of β-amino-alcohol motifs (C(OH)–C–C–N with tert-alkyl or cyclic N) is 1. The second-order valence-electron chi connectivity index (χ2n) is 8.75. The van der Waals surface area contributed by atoms with Crippen molar-refractivity contribution in [1.82, 2.24) is 29.3 Å². The van der Waals surface area contributed by atoms with Crippen molar-refractivity contribution < 1.29 is 5.11 Å². The highest BCUT2D eigenvalue weighted by Crippen LogP contribution is 2.25. The van der Waals surface area contributed by atoms with Gasteiger partial charge in [0.2, 0.25) is 0 Å². The van der Waals surface area contributed by atoms with E-state index in [1.54, 1.807) is 0 Å². The fourth-order valence-electron chi connectivity index (χ4n) is 4.27. The lowest BCUT2D eigenvalue weighted by Crippen LogP contribution is -2.43. The van der Waals surface area contributed by atoms with Gasteiger partial charge in [-0.1, -0.05) is 19.9 Å². The molecule has 9 nitrogen and oxygen atoms in total. The Balaban J connectivity index is 1.42. The first-order chi connectivity index (χ1) is 15.6. The number of hydrogen-bond acceptors (Lipinski definition) is 7. The number of hydrogen-bond donors (Lipinski definition) is 4. The second kappa shape index (κ2) is 8.76. The van der Waals surface area contributed by atoms with Gasteiger partial charge >= 0.3 is 0 Å². The smallest absolute Gasteiger partial charge is 0.163 e. The van der Waals surface area contributed by atoms with Gasteiger partial charge < -0.3 is 25.5 Å². The largest absolute Gasteiger partial charge is 0.391 e. The summed E-state index contributed by atoms with van der Waals surface area (Å²) < 4.78 is 3.94. The summed E-state index contributed by atoms with van der Waals surface area (Å²) in [6.07, 6.45) is 6.41. The molecule has 4 aromatic heterocycles. The zero-order valence-electron chi connectivity index (χ0n) is 18.5. The number of aliphatic hydroxyl groups excluding tert-OH is 1. The SMILES string of the molecule is CC(C)c1cnn2c(NCc3cnc4ccccn34)cc(NCC3CCNCC3O)nc12. The maximum atomic E-state index is 10.3. The van der Waals surface area contributed by atoms with Crippen molar-refractivity contribution in [1.29, 1.82) is 0 Å². The van der Waals surface area contributed by atoms with Crippen LogP contribution in [0.15, 0.2) is 42.9 Å². The van der Waals surface area contributed by atoms with Crippen LogP contribution in [0.25, 0.3) is 11.3 Å². The number of nitrogens with zero attached hydrogens (tertiary/aromatic N) is 5. The van der Waals surface area contributed by atoms with Gasteiger partial charge in [-0.05, 0) is 31.0 Å². The molecule has 0 bridgehead atoms. The van der Waals surface area contributed by atoms with E-state index in [0.717, 1.165) is 47.2 Å². The van der Waals surface area contributed by atoms with Crippen molar-refractivity contribution in [3.05, 3.63) is 54.1 Å². The van der Waals surface area contributed by atoms with Gasteiger partial charge in [0.15, 0.2) is 5.65 Å². The zero-order chi connectivity index (χ0) is 22.1. The molecule has 2 atom stereocenters. The Kier molecular flexibility index (Phi) is 5.67.